The van der Waals surface area contributed by atoms with Gasteiger partial charge in [0, 0.05) is 37.1 Å². The van der Waals surface area contributed by atoms with Crippen molar-refractivity contribution in [2.75, 3.05) is 32.2 Å². The zero-order valence-corrected chi connectivity index (χ0v) is 18.7. The molecule has 0 fully saturated rings. The predicted molar refractivity (Wildman–Crippen MR) is 126 cm³/mol. The Kier molecular flexibility index (Phi) is 10.5. The van der Waals surface area contributed by atoms with Crippen LogP contribution in [0.3, 0.4) is 0 Å². The molecular formula is C23H29N3O4S. The highest BCUT2D eigenvalue weighted by molar-refractivity contribution is 7.80. The molecule has 0 radical (unpaired) electrons. The summed E-state index contributed by atoms with van der Waals surface area (Å²) in [6.07, 6.45) is 2.75. The normalized spacial score (nSPS) is 10.3. The zero-order chi connectivity index (χ0) is 22.5. The van der Waals surface area contributed by atoms with Gasteiger partial charge >= 0.3 is 0 Å². The van der Waals surface area contributed by atoms with E-state index in [1.807, 2.05) is 6.07 Å². The number of benzene rings is 2. The first kappa shape index (κ1) is 24.3. The Labute approximate surface area is 188 Å². The Balaban J connectivity index is 1.84. The average molecular weight is 444 g/mol. The molecule has 166 valence electrons. The van der Waals surface area contributed by atoms with Crippen molar-refractivity contribution in [3.63, 3.8) is 0 Å². The fourth-order valence-electron chi connectivity index (χ4n) is 2.62. The first-order valence-electron chi connectivity index (χ1n) is 10.3. The van der Waals surface area contributed by atoms with Gasteiger partial charge in [-0.3, -0.25) is 14.9 Å². The highest BCUT2D eigenvalue weighted by Gasteiger charge is 2.10. The van der Waals surface area contributed by atoms with Gasteiger partial charge in [-0.1, -0.05) is 19.4 Å². The van der Waals surface area contributed by atoms with E-state index in [4.69, 9.17) is 21.7 Å². The number of methoxy groups -OCH3 is 1. The van der Waals surface area contributed by atoms with Crippen LogP contribution in [0.25, 0.3) is 0 Å². The summed E-state index contributed by atoms with van der Waals surface area (Å²) in [7, 11) is 1.63. The second-order valence-electron chi connectivity index (χ2n) is 6.82. The Morgan fingerprint density at radius 1 is 0.968 bits per heavy atom. The van der Waals surface area contributed by atoms with Crippen LogP contribution in [0.1, 0.15) is 46.9 Å². The first-order valence-corrected chi connectivity index (χ1v) is 10.7. The van der Waals surface area contributed by atoms with Crippen LogP contribution in [-0.4, -0.2) is 43.8 Å². The number of thiocarbonyl (C=S) groups is 1. The predicted octanol–water partition coefficient (Wildman–Crippen LogP) is 3.76. The lowest BCUT2D eigenvalue weighted by Gasteiger charge is -2.11. The minimum Gasteiger partial charge on any atom is -0.494 e. The molecule has 0 atom stereocenters. The summed E-state index contributed by atoms with van der Waals surface area (Å²) >= 11 is 5.23. The SMILES string of the molecule is CCCCOc1cccc(C(=O)NC(=S)Nc2ccc(C(=O)NCCCOC)cc2)c1. The number of unbranched alkanes of at least 4 members (excludes halogenated alkanes) is 1. The van der Waals surface area contributed by atoms with Crippen LogP contribution in [0.4, 0.5) is 5.69 Å². The highest BCUT2D eigenvalue weighted by Crippen LogP contribution is 2.14. The largest absolute Gasteiger partial charge is 0.494 e. The zero-order valence-electron chi connectivity index (χ0n) is 17.9. The van der Waals surface area contributed by atoms with Gasteiger partial charge in [0.05, 0.1) is 6.61 Å². The Morgan fingerprint density at radius 2 is 1.74 bits per heavy atom. The van der Waals surface area contributed by atoms with E-state index >= 15 is 0 Å². The van der Waals surface area contributed by atoms with Crippen molar-refractivity contribution in [1.29, 1.82) is 0 Å². The van der Waals surface area contributed by atoms with Gasteiger partial charge in [-0.05, 0) is 67.5 Å². The van der Waals surface area contributed by atoms with Gasteiger partial charge in [-0.2, -0.15) is 0 Å². The molecule has 0 aromatic heterocycles. The third-order valence-electron chi connectivity index (χ3n) is 4.31. The smallest absolute Gasteiger partial charge is 0.257 e. The standard InChI is InChI=1S/C23H29N3O4S/c1-3-4-15-30-20-8-5-7-18(16-20)22(28)26-23(31)25-19-11-9-17(10-12-19)21(27)24-13-6-14-29-2/h5,7-12,16H,3-4,6,13-15H2,1-2H3,(H,24,27)(H2,25,26,28,31). The Morgan fingerprint density at radius 3 is 2.45 bits per heavy atom. The minimum absolute atomic E-state index is 0.153. The number of anilines is 1. The second-order valence-corrected chi connectivity index (χ2v) is 7.23. The molecule has 2 aromatic carbocycles. The van der Waals surface area contributed by atoms with Crippen LogP contribution >= 0.6 is 12.2 Å². The molecule has 0 unspecified atom stereocenters. The van der Waals surface area contributed by atoms with E-state index in [1.165, 1.54) is 0 Å². The van der Waals surface area contributed by atoms with E-state index in [0.717, 1.165) is 19.3 Å². The number of rotatable bonds is 11. The second kappa shape index (κ2) is 13.4. The molecule has 7 nitrogen and oxygen atoms in total. The van der Waals surface area contributed by atoms with Crippen LogP contribution in [0, 0.1) is 0 Å². The summed E-state index contributed by atoms with van der Waals surface area (Å²) < 4.78 is 10.6. The molecule has 8 heteroatoms. The molecule has 2 aromatic rings. The van der Waals surface area contributed by atoms with Crippen LogP contribution in [0.2, 0.25) is 0 Å². The van der Waals surface area contributed by atoms with E-state index in [9.17, 15) is 9.59 Å². The number of carbonyl (C=O) groups is 2. The maximum atomic E-state index is 12.5. The summed E-state index contributed by atoms with van der Waals surface area (Å²) in [5, 5.41) is 8.59. The van der Waals surface area contributed by atoms with E-state index in [1.54, 1.807) is 49.6 Å². The minimum atomic E-state index is -0.328. The molecule has 0 heterocycles. The van der Waals surface area contributed by atoms with Crippen molar-refractivity contribution in [2.24, 2.45) is 0 Å². The van der Waals surface area contributed by atoms with Gasteiger partial charge in [0.15, 0.2) is 5.11 Å². The molecule has 3 N–H and O–H groups in total. The maximum absolute atomic E-state index is 12.5. The van der Waals surface area contributed by atoms with Crippen LogP contribution < -0.4 is 20.7 Å². The lowest BCUT2D eigenvalue weighted by molar-refractivity contribution is 0.0946. The van der Waals surface area contributed by atoms with Crippen LogP contribution in [0.5, 0.6) is 5.75 Å². The number of ether oxygens (including phenoxy) is 2. The number of carbonyl (C=O) groups excluding carboxylic acids is 2. The molecule has 0 saturated heterocycles. The molecule has 0 spiro atoms. The molecule has 0 aliphatic carbocycles. The van der Waals surface area contributed by atoms with Gasteiger partial charge in [-0.25, -0.2) is 0 Å². The molecule has 0 bridgehead atoms. The third-order valence-corrected chi connectivity index (χ3v) is 4.51. The Hall–Kier alpha value is -2.97. The molecule has 0 aliphatic rings. The maximum Gasteiger partial charge on any atom is 0.257 e. The Bertz CT molecular complexity index is 871. The third kappa shape index (κ3) is 8.74. The van der Waals surface area contributed by atoms with Crippen molar-refractivity contribution >= 4 is 34.8 Å². The molecular weight excluding hydrogens is 414 g/mol. The van der Waals surface area contributed by atoms with E-state index in [0.29, 0.717) is 42.3 Å². The van der Waals surface area contributed by atoms with Gasteiger partial charge in [0.2, 0.25) is 0 Å². The summed E-state index contributed by atoms with van der Waals surface area (Å²) in [5.41, 5.74) is 1.66. The van der Waals surface area contributed by atoms with E-state index in [-0.39, 0.29) is 16.9 Å². The van der Waals surface area contributed by atoms with E-state index < -0.39 is 0 Å². The monoisotopic (exact) mass is 443 g/mol. The number of hydrogen-bond donors (Lipinski definition) is 3. The lowest BCUT2D eigenvalue weighted by atomic mass is 10.2. The van der Waals surface area contributed by atoms with Crippen LogP contribution in [0.15, 0.2) is 48.5 Å². The summed E-state index contributed by atoms with van der Waals surface area (Å²) in [5.74, 6) is 0.168. The van der Waals surface area contributed by atoms with Gasteiger partial charge < -0.3 is 20.1 Å². The fourth-order valence-corrected chi connectivity index (χ4v) is 2.84. The lowest BCUT2D eigenvalue weighted by Crippen LogP contribution is -2.34. The number of amides is 2. The van der Waals surface area contributed by atoms with Crippen molar-refractivity contribution in [3.8, 4) is 5.75 Å². The van der Waals surface area contributed by atoms with Crippen molar-refractivity contribution in [3.05, 3.63) is 59.7 Å². The topological polar surface area (TPSA) is 88.7 Å². The van der Waals surface area contributed by atoms with Gasteiger partial charge in [-0.15, -0.1) is 0 Å². The van der Waals surface area contributed by atoms with Crippen molar-refractivity contribution in [1.82, 2.24) is 10.6 Å². The van der Waals surface area contributed by atoms with Crippen molar-refractivity contribution in [2.45, 2.75) is 26.2 Å². The molecule has 0 aliphatic heterocycles. The number of nitrogens with one attached hydrogen (secondary N) is 3. The highest BCUT2D eigenvalue weighted by atomic mass is 32.1. The molecule has 2 rings (SSSR count). The first-order chi connectivity index (χ1) is 15.0. The van der Waals surface area contributed by atoms with Crippen molar-refractivity contribution < 1.29 is 19.1 Å². The number of hydrogen-bond acceptors (Lipinski definition) is 5. The van der Waals surface area contributed by atoms with E-state index in [2.05, 4.69) is 22.9 Å². The summed E-state index contributed by atoms with van der Waals surface area (Å²) in [6, 6.07) is 13.8. The van der Waals surface area contributed by atoms with Gasteiger partial charge in [0.1, 0.15) is 5.75 Å². The summed E-state index contributed by atoms with van der Waals surface area (Å²) in [4.78, 5) is 24.6. The average Bonchev–Trinajstić information content (AvgIpc) is 2.77. The summed E-state index contributed by atoms with van der Waals surface area (Å²) in [6.45, 7) is 3.85. The van der Waals surface area contributed by atoms with Crippen LogP contribution in [-0.2, 0) is 4.74 Å². The molecule has 31 heavy (non-hydrogen) atoms. The molecule has 0 saturated carbocycles. The quantitative estimate of drug-likeness (QED) is 0.362. The van der Waals surface area contributed by atoms with Gasteiger partial charge in [0.25, 0.3) is 11.8 Å². The molecule has 2 amide bonds. The fraction of sp³-hybridized carbons (Fsp3) is 0.348.